The number of halogens is 1. The summed E-state index contributed by atoms with van der Waals surface area (Å²) in [5.74, 6) is 1.54. The number of rotatable bonds is 7. The fourth-order valence-electron chi connectivity index (χ4n) is 1.67. The van der Waals surface area contributed by atoms with E-state index in [0.717, 1.165) is 11.5 Å². The number of amides is 1. The molecule has 2 rings (SSSR count). The molecule has 2 aromatic rings. The summed E-state index contributed by atoms with van der Waals surface area (Å²) in [5, 5.41) is 3.47. The van der Waals surface area contributed by atoms with Gasteiger partial charge in [0.2, 0.25) is 5.91 Å². The molecule has 1 amide bonds. The van der Waals surface area contributed by atoms with E-state index in [0.29, 0.717) is 31.0 Å². The topological polar surface area (TPSA) is 51.5 Å². The molecule has 0 atom stereocenters. The monoisotopic (exact) mass is 293 g/mol. The first-order valence-corrected chi connectivity index (χ1v) is 6.79. The first kappa shape index (κ1) is 14.5. The van der Waals surface area contributed by atoms with E-state index in [2.05, 4.69) is 5.32 Å². The summed E-state index contributed by atoms with van der Waals surface area (Å²) < 4.78 is 10.6. The van der Waals surface area contributed by atoms with Crippen LogP contribution in [0.1, 0.15) is 12.2 Å². The quantitative estimate of drug-likeness (QED) is 0.798. The summed E-state index contributed by atoms with van der Waals surface area (Å²) in [5.41, 5.74) is 0. The van der Waals surface area contributed by atoms with Crippen molar-refractivity contribution in [1.29, 1.82) is 0 Å². The number of carbonyl (C=O) groups excluding carboxylic acids is 1. The first-order chi connectivity index (χ1) is 9.74. The average Bonchev–Trinajstić information content (AvgIpc) is 2.96. The van der Waals surface area contributed by atoms with Gasteiger partial charge in [-0.3, -0.25) is 4.79 Å². The summed E-state index contributed by atoms with van der Waals surface area (Å²) in [7, 11) is 0. The molecular weight excluding hydrogens is 278 g/mol. The Labute approximate surface area is 122 Å². The highest BCUT2D eigenvalue weighted by atomic mass is 35.5. The molecule has 0 aliphatic carbocycles. The highest BCUT2D eigenvalue weighted by Crippen LogP contribution is 2.15. The van der Waals surface area contributed by atoms with E-state index in [4.69, 9.17) is 20.8 Å². The molecule has 0 aliphatic rings. The number of hydrogen-bond donors (Lipinski definition) is 1. The molecule has 1 heterocycles. The van der Waals surface area contributed by atoms with Crippen LogP contribution in [0.3, 0.4) is 0 Å². The van der Waals surface area contributed by atoms with Crippen molar-refractivity contribution in [2.24, 2.45) is 0 Å². The zero-order valence-corrected chi connectivity index (χ0v) is 11.7. The van der Waals surface area contributed by atoms with Crippen LogP contribution in [0.4, 0.5) is 0 Å². The number of benzene rings is 1. The van der Waals surface area contributed by atoms with Crippen molar-refractivity contribution in [3.05, 3.63) is 53.4 Å². The lowest BCUT2D eigenvalue weighted by atomic mass is 10.2. The van der Waals surface area contributed by atoms with Crippen molar-refractivity contribution in [3.63, 3.8) is 0 Å². The lowest BCUT2D eigenvalue weighted by Gasteiger charge is -2.07. The first-order valence-electron chi connectivity index (χ1n) is 6.41. The lowest BCUT2D eigenvalue weighted by molar-refractivity contribution is -0.121. The van der Waals surface area contributed by atoms with Crippen LogP contribution in [0.2, 0.25) is 5.02 Å². The summed E-state index contributed by atoms with van der Waals surface area (Å²) >= 11 is 5.77. The van der Waals surface area contributed by atoms with Crippen LogP contribution in [0.25, 0.3) is 0 Å². The summed E-state index contributed by atoms with van der Waals surface area (Å²) in [6.45, 7) is 0.897. The van der Waals surface area contributed by atoms with E-state index in [-0.39, 0.29) is 5.91 Å². The fraction of sp³-hybridized carbons (Fsp3) is 0.267. The number of carbonyl (C=O) groups is 1. The van der Waals surface area contributed by atoms with Crippen molar-refractivity contribution in [3.8, 4) is 5.75 Å². The van der Waals surface area contributed by atoms with Gasteiger partial charge in [0.15, 0.2) is 0 Å². The Morgan fingerprint density at radius 3 is 2.75 bits per heavy atom. The molecule has 106 valence electrons. The molecule has 0 radical (unpaired) electrons. The molecule has 0 unspecified atom stereocenters. The van der Waals surface area contributed by atoms with Crippen molar-refractivity contribution >= 4 is 17.5 Å². The highest BCUT2D eigenvalue weighted by Gasteiger charge is 2.03. The van der Waals surface area contributed by atoms with Crippen LogP contribution in [0.5, 0.6) is 5.75 Å². The van der Waals surface area contributed by atoms with Gasteiger partial charge in [0.05, 0.1) is 12.8 Å². The van der Waals surface area contributed by atoms with Crippen LogP contribution < -0.4 is 10.1 Å². The molecule has 1 aromatic heterocycles. The molecule has 0 fully saturated rings. The zero-order chi connectivity index (χ0) is 14.2. The zero-order valence-electron chi connectivity index (χ0n) is 11.0. The SMILES string of the molecule is O=C(CCc1ccco1)NCCOc1ccc(Cl)cc1. The molecule has 0 saturated carbocycles. The molecule has 1 aromatic carbocycles. The van der Waals surface area contributed by atoms with Crippen LogP contribution in [0.15, 0.2) is 47.1 Å². The molecule has 0 spiro atoms. The minimum Gasteiger partial charge on any atom is -0.492 e. The largest absolute Gasteiger partial charge is 0.492 e. The van der Waals surface area contributed by atoms with Gasteiger partial charge in [-0.1, -0.05) is 11.6 Å². The molecule has 1 N–H and O–H groups in total. The van der Waals surface area contributed by atoms with Crippen LogP contribution in [-0.2, 0) is 11.2 Å². The maximum atomic E-state index is 11.6. The Bertz CT molecular complexity index is 523. The van der Waals surface area contributed by atoms with Gasteiger partial charge in [-0.25, -0.2) is 0 Å². The third-order valence-corrected chi connectivity index (χ3v) is 2.94. The van der Waals surface area contributed by atoms with Gasteiger partial charge in [0, 0.05) is 17.9 Å². The number of furan rings is 1. The number of aryl methyl sites for hydroxylation is 1. The second kappa shape index (κ2) is 7.60. The van der Waals surface area contributed by atoms with Gasteiger partial charge in [-0.05, 0) is 36.4 Å². The van der Waals surface area contributed by atoms with E-state index >= 15 is 0 Å². The molecule has 4 nitrogen and oxygen atoms in total. The standard InChI is InChI=1S/C15H16ClNO3/c16-12-3-5-14(6-4-12)20-11-9-17-15(18)8-7-13-2-1-10-19-13/h1-6,10H,7-9,11H2,(H,17,18). The average molecular weight is 294 g/mol. The normalized spacial score (nSPS) is 10.2. The Hall–Kier alpha value is -1.94. The minimum absolute atomic E-state index is 0.0129. The smallest absolute Gasteiger partial charge is 0.220 e. The predicted octanol–water partition coefficient (Wildman–Crippen LogP) is 3.06. The highest BCUT2D eigenvalue weighted by molar-refractivity contribution is 6.30. The molecule has 0 bridgehead atoms. The minimum atomic E-state index is -0.0129. The summed E-state index contributed by atoms with van der Waals surface area (Å²) in [6, 6.07) is 10.8. The van der Waals surface area contributed by atoms with E-state index in [1.165, 1.54) is 0 Å². The van der Waals surface area contributed by atoms with Gasteiger partial charge in [0.1, 0.15) is 18.1 Å². The third-order valence-electron chi connectivity index (χ3n) is 2.69. The fourth-order valence-corrected chi connectivity index (χ4v) is 1.80. The van der Waals surface area contributed by atoms with Gasteiger partial charge in [-0.15, -0.1) is 0 Å². The summed E-state index contributed by atoms with van der Waals surface area (Å²) in [6.07, 6.45) is 2.62. The molecule has 0 aliphatic heterocycles. The van der Waals surface area contributed by atoms with Gasteiger partial charge in [-0.2, -0.15) is 0 Å². The Morgan fingerprint density at radius 1 is 1.25 bits per heavy atom. The van der Waals surface area contributed by atoms with E-state index in [1.54, 1.807) is 30.5 Å². The van der Waals surface area contributed by atoms with Crippen LogP contribution in [0, 0.1) is 0 Å². The van der Waals surface area contributed by atoms with Gasteiger partial charge in [0.25, 0.3) is 0 Å². The Kier molecular flexibility index (Phi) is 5.50. The lowest BCUT2D eigenvalue weighted by Crippen LogP contribution is -2.28. The van der Waals surface area contributed by atoms with E-state index in [9.17, 15) is 4.79 Å². The maximum absolute atomic E-state index is 11.6. The van der Waals surface area contributed by atoms with Crippen molar-refractivity contribution in [2.75, 3.05) is 13.2 Å². The summed E-state index contributed by atoms with van der Waals surface area (Å²) in [4.78, 5) is 11.6. The van der Waals surface area contributed by atoms with Crippen molar-refractivity contribution in [2.45, 2.75) is 12.8 Å². The van der Waals surface area contributed by atoms with Crippen molar-refractivity contribution < 1.29 is 13.9 Å². The second-order valence-corrected chi connectivity index (χ2v) is 4.67. The Morgan fingerprint density at radius 2 is 2.05 bits per heavy atom. The third kappa shape index (κ3) is 4.97. The maximum Gasteiger partial charge on any atom is 0.220 e. The molecule has 0 saturated heterocycles. The molecule has 5 heteroatoms. The number of hydrogen-bond acceptors (Lipinski definition) is 3. The predicted molar refractivity (Wildman–Crippen MR) is 77.0 cm³/mol. The number of ether oxygens (including phenoxy) is 1. The number of nitrogens with one attached hydrogen (secondary N) is 1. The Balaban J connectivity index is 1.58. The molecule has 20 heavy (non-hydrogen) atoms. The van der Waals surface area contributed by atoms with Gasteiger partial charge >= 0.3 is 0 Å². The van der Waals surface area contributed by atoms with Crippen LogP contribution in [-0.4, -0.2) is 19.1 Å². The van der Waals surface area contributed by atoms with Crippen LogP contribution >= 0.6 is 11.6 Å². The van der Waals surface area contributed by atoms with Gasteiger partial charge < -0.3 is 14.5 Å². The molecular formula is C15H16ClNO3. The van der Waals surface area contributed by atoms with E-state index < -0.39 is 0 Å². The second-order valence-electron chi connectivity index (χ2n) is 4.23. The van der Waals surface area contributed by atoms with Crippen molar-refractivity contribution in [1.82, 2.24) is 5.32 Å². The van der Waals surface area contributed by atoms with E-state index in [1.807, 2.05) is 12.1 Å².